The van der Waals surface area contributed by atoms with Gasteiger partial charge in [0.25, 0.3) is 0 Å². The van der Waals surface area contributed by atoms with Crippen molar-refractivity contribution in [2.24, 2.45) is 5.41 Å². The maximum absolute atomic E-state index is 5.34. The fourth-order valence-corrected chi connectivity index (χ4v) is 5.01. The second kappa shape index (κ2) is 7.06. The fraction of sp³-hybridized carbons (Fsp3) is 0.550. The van der Waals surface area contributed by atoms with E-state index in [-0.39, 0.29) is 0 Å². The molecule has 2 aliphatic rings. The van der Waals surface area contributed by atoms with Gasteiger partial charge in [0, 0.05) is 24.2 Å². The van der Waals surface area contributed by atoms with E-state index in [0.717, 1.165) is 24.9 Å². The van der Waals surface area contributed by atoms with E-state index in [1.807, 2.05) is 12.3 Å². The summed E-state index contributed by atoms with van der Waals surface area (Å²) in [6, 6.07) is 9.21. The van der Waals surface area contributed by atoms with Crippen LogP contribution in [0, 0.1) is 5.41 Å². The number of benzene rings is 1. The molecule has 1 saturated heterocycles. The van der Waals surface area contributed by atoms with Gasteiger partial charge in [-0.3, -0.25) is 9.80 Å². The Labute approximate surface area is 154 Å². The van der Waals surface area contributed by atoms with E-state index in [1.165, 1.54) is 42.9 Å². The molecular formula is C20H27N3OS. The number of ether oxygens (including phenoxy) is 1. The van der Waals surface area contributed by atoms with Crippen LogP contribution in [-0.4, -0.2) is 48.1 Å². The minimum atomic E-state index is 0.566. The Balaban J connectivity index is 1.28. The maximum atomic E-state index is 5.34. The number of piperidine rings is 1. The first-order chi connectivity index (χ1) is 12.2. The molecule has 1 aliphatic heterocycles. The number of nitrogens with zero attached hydrogens (tertiary/aromatic N) is 3. The van der Waals surface area contributed by atoms with Gasteiger partial charge in [0.15, 0.2) is 0 Å². The Morgan fingerprint density at radius 2 is 2.20 bits per heavy atom. The van der Waals surface area contributed by atoms with Gasteiger partial charge >= 0.3 is 0 Å². The van der Waals surface area contributed by atoms with Crippen molar-refractivity contribution in [3.05, 3.63) is 46.4 Å². The van der Waals surface area contributed by atoms with Gasteiger partial charge in [0.2, 0.25) is 0 Å². The Morgan fingerprint density at radius 1 is 1.36 bits per heavy atom. The molecule has 2 fully saturated rings. The van der Waals surface area contributed by atoms with Crippen LogP contribution in [0.2, 0.25) is 0 Å². The van der Waals surface area contributed by atoms with E-state index in [0.29, 0.717) is 5.41 Å². The van der Waals surface area contributed by atoms with Gasteiger partial charge in [-0.1, -0.05) is 12.1 Å². The first-order valence-electron chi connectivity index (χ1n) is 9.12. The predicted molar refractivity (Wildman–Crippen MR) is 102 cm³/mol. The Bertz CT molecular complexity index is 695. The van der Waals surface area contributed by atoms with Crippen LogP contribution in [0.25, 0.3) is 0 Å². The normalized spacial score (nSPS) is 22.4. The lowest BCUT2D eigenvalue weighted by Gasteiger charge is -2.34. The molecule has 1 aromatic carbocycles. The smallest absolute Gasteiger partial charge is 0.119 e. The molecule has 2 heterocycles. The zero-order chi connectivity index (χ0) is 17.3. The number of likely N-dealkylation sites (tertiary alicyclic amines) is 1. The van der Waals surface area contributed by atoms with Crippen LogP contribution >= 0.6 is 11.3 Å². The monoisotopic (exact) mass is 357 g/mol. The number of rotatable bonds is 6. The van der Waals surface area contributed by atoms with Crippen LogP contribution in [0.4, 0.5) is 0 Å². The quantitative estimate of drug-likeness (QED) is 0.789. The van der Waals surface area contributed by atoms with Gasteiger partial charge in [-0.05, 0) is 62.5 Å². The first-order valence-corrected chi connectivity index (χ1v) is 10.0. The van der Waals surface area contributed by atoms with Gasteiger partial charge in [-0.15, -0.1) is 11.3 Å². The highest BCUT2D eigenvalue weighted by Gasteiger charge is 2.56. The lowest BCUT2D eigenvalue weighted by molar-refractivity contribution is 0.139. The summed E-state index contributed by atoms with van der Waals surface area (Å²) in [7, 11) is 4.00. The number of aromatic nitrogens is 1. The molecule has 1 unspecified atom stereocenters. The van der Waals surface area contributed by atoms with Gasteiger partial charge in [-0.25, -0.2) is 4.98 Å². The summed E-state index contributed by atoms with van der Waals surface area (Å²) in [6.45, 7) is 4.45. The second-order valence-corrected chi connectivity index (χ2v) is 8.53. The summed E-state index contributed by atoms with van der Waals surface area (Å²) in [5.74, 6) is 0.956. The average molecular weight is 358 g/mol. The molecule has 1 saturated carbocycles. The topological polar surface area (TPSA) is 28.6 Å². The maximum Gasteiger partial charge on any atom is 0.119 e. The standard InChI is InChI=1S/C20H27N3OS/c1-22(15-19-21-8-11-25-19)18-13-20(18)6-9-23(10-7-20)14-16-4-3-5-17(12-16)24-2/h3-5,8,11-12,18H,6-7,9-10,13-15H2,1-2H3. The molecular weight excluding hydrogens is 330 g/mol. The fourth-order valence-electron chi connectivity index (χ4n) is 4.33. The molecule has 5 heteroatoms. The summed E-state index contributed by atoms with van der Waals surface area (Å²) in [4.78, 5) is 9.55. The molecule has 2 aromatic rings. The van der Waals surface area contributed by atoms with Crippen molar-refractivity contribution in [3.8, 4) is 5.75 Å². The molecule has 0 N–H and O–H groups in total. The molecule has 4 rings (SSSR count). The van der Waals surface area contributed by atoms with Crippen molar-refractivity contribution in [1.82, 2.24) is 14.8 Å². The van der Waals surface area contributed by atoms with E-state index in [1.54, 1.807) is 18.4 Å². The van der Waals surface area contributed by atoms with Crippen molar-refractivity contribution in [2.45, 2.75) is 38.4 Å². The predicted octanol–water partition coefficient (Wildman–Crippen LogP) is 3.64. The third kappa shape index (κ3) is 3.73. The summed E-state index contributed by atoms with van der Waals surface area (Å²) in [6.07, 6.45) is 5.92. The lowest BCUT2D eigenvalue weighted by Crippen LogP contribution is -2.37. The second-order valence-electron chi connectivity index (χ2n) is 7.55. The molecule has 1 atom stereocenters. The molecule has 1 aromatic heterocycles. The van der Waals surface area contributed by atoms with Crippen molar-refractivity contribution in [3.63, 3.8) is 0 Å². The summed E-state index contributed by atoms with van der Waals surface area (Å²) in [5, 5.41) is 3.31. The Morgan fingerprint density at radius 3 is 2.92 bits per heavy atom. The SMILES string of the molecule is COc1cccc(CN2CCC3(CC2)CC3N(C)Cc2nccs2)c1. The molecule has 0 amide bonds. The zero-order valence-electron chi connectivity index (χ0n) is 15.1. The molecule has 4 nitrogen and oxygen atoms in total. The summed E-state index contributed by atoms with van der Waals surface area (Å²) < 4.78 is 5.34. The highest BCUT2D eigenvalue weighted by atomic mass is 32.1. The zero-order valence-corrected chi connectivity index (χ0v) is 16.0. The molecule has 1 spiro atoms. The van der Waals surface area contributed by atoms with E-state index >= 15 is 0 Å². The van der Waals surface area contributed by atoms with E-state index in [9.17, 15) is 0 Å². The lowest BCUT2D eigenvalue weighted by atomic mass is 9.92. The minimum absolute atomic E-state index is 0.566. The van der Waals surface area contributed by atoms with Crippen LogP contribution < -0.4 is 4.74 Å². The highest BCUT2D eigenvalue weighted by Crippen LogP contribution is 2.56. The van der Waals surface area contributed by atoms with Crippen LogP contribution in [0.5, 0.6) is 5.75 Å². The highest BCUT2D eigenvalue weighted by molar-refractivity contribution is 7.09. The third-order valence-corrected chi connectivity index (χ3v) is 6.70. The number of hydrogen-bond donors (Lipinski definition) is 0. The number of hydrogen-bond acceptors (Lipinski definition) is 5. The molecule has 0 bridgehead atoms. The van der Waals surface area contributed by atoms with Crippen molar-refractivity contribution < 1.29 is 4.74 Å². The van der Waals surface area contributed by atoms with Crippen LogP contribution in [0.1, 0.15) is 29.8 Å². The number of thiazole rings is 1. The first kappa shape index (κ1) is 17.0. The van der Waals surface area contributed by atoms with Crippen LogP contribution in [0.3, 0.4) is 0 Å². The van der Waals surface area contributed by atoms with Crippen LogP contribution in [-0.2, 0) is 13.1 Å². The minimum Gasteiger partial charge on any atom is -0.497 e. The molecule has 1 aliphatic carbocycles. The van der Waals surface area contributed by atoms with Crippen molar-refractivity contribution in [2.75, 3.05) is 27.2 Å². The third-order valence-electron chi connectivity index (χ3n) is 5.94. The van der Waals surface area contributed by atoms with Crippen molar-refractivity contribution >= 4 is 11.3 Å². The largest absolute Gasteiger partial charge is 0.497 e. The van der Waals surface area contributed by atoms with E-state index < -0.39 is 0 Å². The van der Waals surface area contributed by atoms with Gasteiger partial charge in [0.05, 0.1) is 13.7 Å². The Hall–Kier alpha value is -1.43. The molecule has 25 heavy (non-hydrogen) atoms. The van der Waals surface area contributed by atoms with E-state index in [4.69, 9.17) is 4.74 Å². The summed E-state index contributed by atoms with van der Waals surface area (Å²) >= 11 is 1.76. The molecule has 0 radical (unpaired) electrons. The number of methoxy groups -OCH3 is 1. The van der Waals surface area contributed by atoms with Crippen molar-refractivity contribution in [1.29, 1.82) is 0 Å². The van der Waals surface area contributed by atoms with Gasteiger partial charge in [-0.2, -0.15) is 0 Å². The van der Waals surface area contributed by atoms with Gasteiger partial charge in [0.1, 0.15) is 10.8 Å². The van der Waals surface area contributed by atoms with E-state index in [2.05, 4.69) is 45.4 Å². The van der Waals surface area contributed by atoms with Crippen LogP contribution in [0.15, 0.2) is 35.8 Å². The Kier molecular flexibility index (Phi) is 4.80. The average Bonchev–Trinajstić information content (AvgIpc) is 3.08. The van der Waals surface area contributed by atoms with Gasteiger partial charge < -0.3 is 4.74 Å². The molecule has 134 valence electrons. The summed E-state index contributed by atoms with van der Waals surface area (Å²) in [5.41, 5.74) is 1.92.